The molecule has 0 bridgehead atoms. The summed E-state index contributed by atoms with van der Waals surface area (Å²) < 4.78 is 10.8. The zero-order valence-corrected chi connectivity index (χ0v) is 13.8. The Morgan fingerprint density at radius 2 is 1.86 bits per heavy atom. The molecule has 0 spiro atoms. The fourth-order valence-corrected chi connectivity index (χ4v) is 2.49. The van der Waals surface area contributed by atoms with Gasteiger partial charge in [-0.1, -0.05) is 26.0 Å². The molecule has 4 heteroatoms. The number of para-hydroxylation sites is 1. The van der Waals surface area contributed by atoms with E-state index in [-0.39, 0.29) is 0 Å². The molecule has 1 aromatic rings. The van der Waals surface area contributed by atoms with E-state index in [1.54, 1.807) is 14.2 Å². The minimum atomic E-state index is -0.595. The summed E-state index contributed by atoms with van der Waals surface area (Å²) >= 11 is 0. The van der Waals surface area contributed by atoms with Crippen molar-refractivity contribution in [3.8, 4) is 17.6 Å². The van der Waals surface area contributed by atoms with Gasteiger partial charge in [-0.15, -0.1) is 0 Å². The van der Waals surface area contributed by atoms with Crippen LogP contribution in [0.15, 0.2) is 18.2 Å². The number of ether oxygens (including phenoxy) is 2. The normalized spacial score (nSPS) is 13.6. The number of nitrogens with zero attached hydrogens (tertiary/aromatic N) is 2. The van der Waals surface area contributed by atoms with Gasteiger partial charge in [0, 0.05) is 5.56 Å². The second-order valence-electron chi connectivity index (χ2n) is 5.26. The smallest absolute Gasteiger partial charge is 0.165 e. The molecule has 0 N–H and O–H groups in total. The number of hydrogen-bond acceptors (Lipinski definition) is 4. The fourth-order valence-electron chi connectivity index (χ4n) is 2.49. The third-order valence-electron chi connectivity index (χ3n) is 4.07. The molecule has 1 rings (SSSR count). The molecule has 0 radical (unpaired) electrons. The predicted molar refractivity (Wildman–Crippen MR) is 84.9 cm³/mol. The first-order valence-electron chi connectivity index (χ1n) is 7.41. The van der Waals surface area contributed by atoms with Crippen molar-refractivity contribution in [3.63, 3.8) is 0 Å². The predicted octanol–water partition coefficient (Wildman–Crippen LogP) is 3.22. The standard InChI is InChI=1S/C17H26N2O2/c1-6-19(7-2)12-11-17(3,13-18)14-9-8-10-15(20-4)16(14)21-5/h8-10H,6-7,11-12H2,1-5H3/t17-/m1/s1. The van der Waals surface area contributed by atoms with Gasteiger partial charge in [0.05, 0.1) is 25.7 Å². The molecule has 4 nitrogen and oxygen atoms in total. The van der Waals surface area contributed by atoms with Gasteiger partial charge in [0.2, 0.25) is 0 Å². The van der Waals surface area contributed by atoms with Crippen molar-refractivity contribution in [3.05, 3.63) is 23.8 Å². The summed E-state index contributed by atoms with van der Waals surface area (Å²) in [7, 11) is 3.23. The Labute approximate surface area is 128 Å². The Kier molecular flexibility index (Phi) is 6.51. The minimum Gasteiger partial charge on any atom is -0.493 e. The van der Waals surface area contributed by atoms with Gasteiger partial charge in [-0.3, -0.25) is 0 Å². The maximum Gasteiger partial charge on any atom is 0.165 e. The largest absolute Gasteiger partial charge is 0.493 e. The van der Waals surface area contributed by atoms with E-state index in [4.69, 9.17) is 9.47 Å². The molecule has 0 saturated heterocycles. The van der Waals surface area contributed by atoms with Crippen molar-refractivity contribution in [2.75, 3.05) is 33.9 Å². The fraction of sp³-hybridized carbons (Fsp3) is 0.588. The van der Waals surface area contributed by atoms with Crippen LogP contribution in [-0.2, 0) is 5.41 Å². The lowest BCUT2D eigenvalue weighted by atomic mass is 9.80. The second-order valence-corrected chi connectivity index (χ2v) is 5.26. The lowest BCUT2D eigenvalue weighted by molar-refractivity contribution is 0.277. The molecule has 0 unspecified atom stereocenters. The zero-order chi connectivity index (χ0) is 15.9. The first-order chi connectivity index (χ1) is 10.1. The molecule has 0 aliphatic heterocycles. The number of hydrogen-bond donors (Lipinski definition) is 0. The van der Waals surface area contributed by atoms with Crippen molar-refractivity contribution in [2.24, 2.45) is 0 Å². The van der Waals surface area contributed by atoms with Gasteiger partial charge < -0.3 is 14.4 Å². The summed E-state index contributed by atoms with van der Waals surface area (Å²) in [6, 6.07) is 8.17. The number of methoxy groups -OCH3 is 2. The molecular weight excluding hydrogens is 264 g/mol. The average Bonchev–Trinajstić information content (AvgIpc) is 2.54. The summed E-state index contributed by atoms with van der Waals surface area (Å²) in [4.78, 5) is 2.32. The SMILES string of the molecule is CCN(CC)CC[C@](C)(C#N)c1cccc(OC)c1OC. The van der Waals surface area contributed by atoms with E-state index in [0.717, 1.165) is 31.6 Å². The highest BCUT2D eigenvalue weighted by Gasteiger charge is 2.31. The van der Waals surface area contributed by atoms with Gasteiger partial charge in [-0.05, 0) is 39.0 Å². The number of benzene rings is 1. The van der Waals surface area contributed by atoms with E-state index in [2.05, 4.69) is 24.8 Å². The maximum atomic E-state index is 9.72. The topological polar surface area (TPSA) is 45.5 Å². The van der Waals surface area contributed by atoms with Crippen molar-refractivity contribution < 1.29 is 9.47 Å². The quantitative estimate of drug-likeness (QED) is 0.737. The van der Waals surface area contributed by atoms with Gasteiger partial charge >= 0.3 is 0 Å². The van der Waals surface area contributed by atoms with Crippen LogP contribution in [0.1, 0.15) is 32.8 Å². The van der Waals surface area contributed by atoms with Crippen LogP contribution in [0.3, 0.4) is 0 Å². The zero-order valence-electron chi connectivity index (χ0n) is 13.8. The Balaban J connectivity index is 3.11. The van der Waals surface area contributed by atoms with Gasteiger partial charge in [0.15, 0.2) is 11.5 Å². The third-order valence-corrected chi connectivity index (χ3v) is 4.07. The summed E-state index contributed by atoms with van der Waals surface area (Å²) in [5, 5.41) is 9.72. The van der Waals surface area contributed by atoms with Gasteiger partial charge in [0.25, 0.3) is 0 Å². The summed E-state index contributed by atoms with van der Waals surface area (Å²) in [5.74, 6) is 1.32. The summed E-state index contributed by atoms with van der Waals surface area (Å²) in [5.41, 5.74) is 0.293. The molecule has 0 aliphatic carbocycles. The molecule has 116 valence electrons. The van der Waals surface area contributed by atoms with E-state index < -0.39 is 5.41 Å². The van der Waals surface area contributed by atoms with E-state index in [0.29, 0.717) is 11.5 Å². The van der Waals surface area contributed by atoms with Crippen LogP contribution in [0.5, 0.6) is 11.5 Å². The molecule has 0 heterocycles. The molecular formula is C17H26N2O2. The molecule has 1 aromatic carbocycles. The molecule has 0 aromatic heterocycles. The van der Waals surface area contributed by atoms with Gasteiger partial charge in [-0.2, -0.15) is 5.26 Å². The Bertz CT molecular complexity index is 492. The van der Waals surface area contributed by atoms with E-state index in [9.17, 15) is 5.26 Å². The van der Waals surface area contributed by atoms with Crippen molar-refractivity contribution in [1.29, 1.82) is 5.26 Å². The van der Waals surface area contributed by atoms with Crippen LogP contribution < -0.4 is 9.47 Å². The minimum absolute atomic E-state index is 0.595. The summed E-state index contributed by atoms with van der Waals surface area (Å²) in [6.07, 6.45) is 0.759. The lowest BCUT2D eigenvalue weighted by Crippen LogP contribution is -2.31. The number of nitriles is 1. The van der Waals surface area contributed by atoms with Crippen molar-refractivity contribution in [1.82, 2.24) is 4.90 Å². The van der Waals surface area contributed by atoms with Crippen molar-refractivity contribution >= 4 is 0 Å². The highest BCUT2D eigenvalue weighted by Crippen LogP contribution is 2.40. The maximum absolute atomic E-state index is 9.72. The van der Waals surface area contributed by atoms with Crippen LogP contribution in [-0.4, -0.2) is 38.8 Å². The number of rotatable bonds is 8. The molecule has 0 aliphatic rings. The first kappa shape index (κ1) is 17.3. The van der Waals surface area contributed by atoms with E-state index in [1.165, 1.54) is 0 Å². The Hall–Kier alpha value is -1.73. The van der Waals surface area contributed by atoms with Crippen LogP contribution in [0.2, 0.25) is 0 Å². The van der Waals surface area contributed by atoms with Gasteiger partial charge in [0.1, 0.15) is 0 Å². The highest BCUT2D eigenvalue weighted by molar-refractivity contribution is 5.52. The van der Waals surface area contributed by atoms with Crippen LogP contribution in [0, 0.1) is 11.3 Å². The first-order valence-corrected chi connectivity index (χ1v) is 7.41. The third kappa shape index (κ3) is 3.89. The Morgan fingerprint density at radius 3 is 2.33 bits per heavy atom. The molecule has 0 saturated carbocycles. The Morgan fingerprint density at radius 1 is 1.19 bits per heavy atom. The van der Waals surface area contributed by atoms with Crippen LogP contribution in [0.25, 0.3) is 0 Å². The van der Waals surface area contributed by atoms with Crippen LogP contribution >= 0.6 is 0 Å². The van der Waals surface area contributed by atoms with Crippen LogP contribution in [0.4, 0.5) is 0 Å². The molecule has 21 heavy (non-hydrogen) atoms. The lowest BCUT2D eigenvalue weighted by Gasteiger charge is -2.28. The van der Waals surface area contributed by atoms with Crippen molar-refractivity contribution in [2.45, 2.75) is 32.6 Å². The molecule has 0 fully saturated rings. The average molecular weight is 290 g/mol. The summed E-state index contributed by atoms with van der Waals surface area (Å²) in [6.45, 7) is 9.12. The molecule has 1 atom stereocenters. The second kappa shape index (κ2) is 7.90. The highest BCUT2D eigenvalue weighted by atomic mass is 16.5. The van der Waals surface area contributed by atoms with Gasteiger partial charge in [-0.25, -0.2) is 0 Å². The monoisotopic (exact) mass is 290 g/mol. The van der Waals surface area contributed by atoms with E-state index >= 15 is 0 Å². The molecule has 0 amide bonds. The van der Waals surface area contributed by atoms with E-state index in [1.807, 2.05) is 25.1 Å².